The van der Waals surface area contributed by atoms with E-state index >= 15 is 0 Å². The third kappa shape index (κ3) is 3.27. The standard InChI is InChI=1S/C21H23N3O5S/c1-13-14(2-3-15-16(13)11-28-19(15)26)17(25)10-23-8-5-21(6-9-23)12-24(20(27)29-21)18-4-7-22-30-18/h2-4,7,17,25H,5-6,8-12H2,1H3/t17-/m0/s1. The van der Waals surface area contributed by atoms with Gasteiger partial charge in [-0.25, -0.2) is 9.59 Å². The number of aromatic nitrogens is 1. The van der Waals surface area contributed by atoms with Crippen molar-refractivity contribution in [3.05, 3.63) is 46.6 Å². The highest BCUT2D eigenvalue weighted by molar-refractivity contribution is 7.10. The van der Waals surface area contributed by atoms with Crippen molar-refractivity contribution in [2.75, 3.05) is 31.1 Å². The molecule has 2 fully saturated rings. The van der Waals surface area contributed by atoms with Crippen LogP contribution in [0.3, 0.4) is 0 Å². The number of esters is 1. The second-order valence-electron chi connectivity index (χ2n) is 8.19. The molecule has 3 aliphatic rings. The van der Waals surface area contributed by atoms with Crippen molar-refractivity contribution >= 4 is 28.6 Å². The molecule has 3 aliphatic heterocycles. The molecule has 1 aromatic carbocycles. The highest BCUT2D eigenvalue weighted by Gasteiger charge is 2.48. The van der Waals surface area contributed by atoms with Crippen LogP contribution in [0.5, 0.6) is 0 Å². The number of nitrogens with zero attached hydrogens (tertiary/aromatic N) is 3. The third-order valence-corrected chi connectivity index (χ3v) is 7.20. The zero-order valence-electron chi connectivity index (χ0n) is 16.7. The lowest BCUT2D eigenvalue weighted by molar-refractivity contribution is -0.00986. The fraction of sp³-hybridized carbons (Fsp3) is 0.476. The topological polar surface area (TPSA) is 92.2 Å². The van der Waals surface area contributed by atoms with Gasteiger partial charge in [0, 0.05) is 44.2 Å². The number of hydrogen-bond acceptors (Lipinski definition) is 8. The number of carbonyl (C=O) groups excluding carboxylic acids is 2. The van der Waals surface area contributed by atoms with E-state index in [1.165, 1.54) is 11.5 Å². The number of fused-ring (bicyclic) bond motifs is 1. The predicted octanol–water partition coefficient (Wildman–Crippen LogP) is 2.65. The summed E-state index contributed by atoms with van der Waals surface area (Å²) < 4.78 is 15.0. The fourth-order valence-corrected chi connectivity index (χ4v) is 5.21. The van der Waals surface area contributed by atoms with E-state index in [1.807, 2.05) is 19.1 Å². The first-order valence-electron chi connectivity index (χ1n) is 10.1. The van der Waals surface area contributed by atoms with Gasteiger partial charge in [-0.3, -0.25) is 4.90 Å². The SMILES string of the molecule is Cc1c([C@@H](O)CN2CCC3(CC2)CN(c2ccns2)C(=O)O3)ccc2c1COC2=O. The van der Waals surface area contributed by atoms with Crippen LogP contribution in [-0.4, -0.2) is 58.2 Å². The molecule has 1 spiro atoms. The quantitative estimate of drug-likeness (QED) is 0.747. The summed E-state index contributed by atoms with van der Waals surface area (Å²) in [6.45, 7) is 4.73. The van der Waals surface area contributed by atoms with Gasteiger partial charge in [-0.05, 0) is 41.7 Å². The van der Waals surface area contributed by atoms with E-state index in [-0.39, 0.29) is 18.7 Å². The minimum Gasteiger partial charge on any atom is -0.457 e. The van der Waals surface area contributed by atoms with Gasteiger partial charge in [0.1, 0.15) is 17.2 Å². The van der Waals surface area contributed by atoms with Crippen LogP contribution in [0.1, 0.15) is 46.0 Å². The average molecular weight is 429 g/mol. The molecule has 158 valence electrons. The van der Waals surface area contributed by atoms with Crippen LogP contribution in [0, 0.1) is 6.92 Å². The zero-order chi connectivity index (χ0) is 20.9. The zero-order valence-corrected chi connectivity index (χ0v) is 17.5. The number of aliphatic hydroxyl groups is 1. The van der Waals surface area contributed by atoms with Crippen molar-refractivity contribution in [3.8, 4) is 0 Å². The number of cyclic esters (lactones) is 1. The average Bonchev–Trinajstić information content (AvgIpc) is 3.45. The molecule has 2 saturated heterocycles. The number of rotatable bonds is 4. The molecule has 0 unspecified atom stereocenters. The monoisotopic (exact) mass is 429 g/mol. The number of carbonyl (C=O) groups is 2. The summed E-state index contributed by atoms with van der Waals surface area (Å²) in [5.74, 6) is -0.297. The summed E-state index contributed by atoms with van der Waals surface area (Å²) in [7, 11) is 0. The molecule has 1 amide bonds. The van der Waals surface area contributed by atoms with Crippen LogP contribution in [0.25, 0.3) is 0 Å². The summed E-state index contributed by atoms with van der Waals surface area (Å²) in [6.07, 6.45) is 2.18. The Kier molecular flexibility index (Phi) is 4.76. The molecular formula is C21H23N3O5S. The van der Waals surface area contributed by atoms with E-state index < -0.39 is 11.7 Å². The number of hydrogen-bond donors (Lipinski definition) is 1. The van der Waals surface area contributed by atoms with Crippen molar-refractivity contribution in [1.29, 1.82) is 0 Å². The lowest BCUT2D eigenvalue weighted by atomic mass is 9.90. The largest absolute Gasteiger partial charge is 0.457 e. The Morgan fingerprint density at radius 1 is 1.27 bits per heavy atom. The van der Waals surface area contributed by atoms with Crippen LogP contribution in [0.2, 0.25) is 0 Å². The highest BCUT2D eigenvalue weighted by Crippen LogP contribution is 2.37. The molecule has 0 bridgehead atoms. The molecule has 1 atom stereocenters. The normalized spacial score (nSPS) is 21.6. The number of aliphatic hydroxyl groups excluding tert-OH is 1. The van der Waals surface area contributed by atoms with Gasteiger partial charge in [0.05, 0.1) is 18.2 Å². The van der Waals surface area contributed by atoms with Gasteiger partial charge >= 0.3 is 12.1 Å². The maximum atomic E-state index is 12.3. The summed E-state index contributed by atoms with van der Waals surface area (Å²) in [4.78, 5) is 27.9. The van der Waals surface area contributed by atoms with Gasteiger partial charge < -0.3 is 19.5 Å². The van der Waals surface area contributed by atoms with Crippen molar-refractivity contribution in [1.82, 2.24) is 9.27 Å². The molecule has 30 heavy (non-hydrogen) atoms. The molecule has 2 aromatic rings. The number of β-amino-alcohol motifs (C(OH)–C–C–N with tert-alkyl or cyclic N) is 1. The Balaban J connectivity index is 1.22. The maximum Gasteiger partial charge on any atom is 0.415 e. The Morgan fingerprint density at radius 2 is 2.07 bits per heavy atom. The number of piperidine rings is 1. The summed E-state index contributed by atoms with van der Waals surface area (Å²) in [5.41, 5.74) is 2.75. The minimum absolute atomic E-state index is 0.272. The van der Waals surface area contributed by atoms with Gasteiger partial charge in [0.25, 0.3) is 0 Å². The second-order valence-corrected chi connectivity index (χ2v) is 9.00. The summed E-state index contributed by atoms with van der Waals surface area (Å²) in [6, 6.07) is 5.39. The van der Waals surface area contributed by atoms with E-state index in [2.05, 4.69) is 9.27 Å². The minimum atomic E-state index is -0.653. The van der Waals surface area contributed by atoms with Gasteiger partial charge in [-0.15, -0.1) is 0 Å². The molecule has 0 aliphatic carbocycles. The van der Waals surface area contributed by atoms with Crippen molar-refractivity contribution < 1.29 is 24.2 Å². The molecule has 8 nitrogen and oxygen atoms in total. The van der Waals surface area contributed by atoms with Crippen LogP contribution >= 0.6 is 11.5 Å². The number of benzene rings is 1. The maximum absolute atomic E-state index is 12.3. The molecular weight excluding hydrogens is 406 g/mol. The van der Waals surface area contributed by atoms with E-state index in [0.29, 0.717) is 18.7 Å². The predicted molar refractivity (Wildman–Crippen MR) is 110 cm³/mol. The molecule has 4 heterocycles. The van der Waals surface area contributed by atoms with Gasteiger partial charge in [0.15, 0.2) is 0 Å². The Hall–Kier alpha value is -2.49. The molecule has 0 radical (unpaired) electrons. The first-order chi connectivity index (χ1) is 14.5. The molecule has 1 aromatic heterocycles. The summed E-state index contributed by atoms with van der Waals surface area (Å²) in [5, 5.41) is 11.7. The van der Waals surface area contributed by atoms with Gasteiger partial charge in [-0.1, -0.05) is 6.07 Å². The van der Waals surface area contributed by atoms with E-state index in [4.69, 9.17) is 9.47 Å². The van der Waals surface area contributed by atoms with E-state index in [0.717, 1.165) is 47.6 Å². The molecule has 0 saturated carbocycles. The Morgan fingerprint density at radius 3 is 2.80 bits per heavy atom. The van der Waals surface area contributed by atoms with Crippen molar-refractivity contribution in [2.45, 2.75) is 38.1 Å². The fourth-order valence-electron chi connectivity index (χ4n) is 4.62. The van der Waals surface area contributed by atoms with Crippen LogP contribution in [0.15, 0.2) is 24.4 Å². The van der Waals surface area contributed by atoms with Gasteiger partial charge in [0.2, 0.25) is 0 Å². The third-order valence-electron chi connectivity index (χ3n) is 6.43. The smallest absolute Gasteiger partial charge is 0.415 e. The van der Waals surface area contributed by atoms with Crippen molar-refractivity contribution in [2.24, 2.45) is 0 Å². The van der Waals surface area contributed by atoms with E-state index in [1.54, 1.807) is 17.2 Å². The number of likely N-dealkylation sites (tertiary alicyclic amines) is 1. The number of ether oxygens (including phenoxy) is 2. The number of anilines is 1. The Bertz CT molecular complexity index is 985. The molecule has 1 N–H and O–H groups in total. The van der Waals surface area contributed by atoms with Crippen LogP contribution < -0.4 is 4.90 Å². The lowest BCUT2D eigenvalue weighted by Crippen LogP contribution is -2.47. The molecule has 9 heteroatoms. The first kappa shape index (κ1) is 19.5. The summed E-state index contributed by atoms with van der Waals surface area (Å²) >= 11 is 1.29. The second kappa shape index (κ2) is 7.33. The Labute approximate surface area is 178 Å². The molecule has 5 rings (SSSR count). The van der Waals surface area contributed by atoms with Crippen LogP contribution in [-0.2, 0) is 16.1 Å². The van der Waals surface area contributed by atoms with E-state index in [9.17, 15) is 14.7 Å². The van der Waals surface area contributed by atoms with Crippen molar-refractivity contribution in [3.63, 3.8) is 0 Å². The van der Waals surface area contributed by atoms with Gasteiger partial charge in [-0.2, -0.15) is 4.37 Å². The highest BCUT2D eigenvalue weighted by atomic mass is 32.1. The van der Waals surface area contributed by atoms with Crippen LogP contribution in [0.4, 0.5) is 9.80 Å². The number of amides is 1. The lowest BCUT2D eigenvalue weighted by Gasteiger charge is -2.38. The first-order valence-corrected chi connectivity index (χ1v) is 10.8.